The molecule has 0 saturated heterocycles. The maximum absolute atomic E-state index is 12.7. The Kier molecular flexibility index (Phi) is 7.29. The van der Waals surface area contributed by atoms with Gasteiger partial charge in [-0.05, 0) is 23.6 Å². The summed E-state index contributed by atoms with van der Waals surface area (Å²) in [5.41, 5.74) is 0.414. The topological polar surface area (TPSA) is 83.1 Å². The molecule has 7 nitrogen and oxygen atoms in total. The van der Waals surface area contributed by atoms with Gasteiger partial charge in [0.2, 0.25) is 0 Å². The Hall–Kier alpha value is -3.52. The van der Waals surface area contributed by atoms with Crippen LogP contribution in [0.15, 0.2) is 60.0 Å². The highest BCUT2D eigenvalue weighted by atomic mass is 32.1. The van der Waals surface area contributed by atoms with Crippen molar-refractivity contribution in [1.82, 2.24) is 0 Å². The van der Waals surface area contributed by atoms with E-state index in [-0.39, 0.29) is 30.4 Å². The van der Waals surface area contributed by atoms with Crippen LogP contribution < -0.4 is 19.5 Å². The first-order valence-corrected chi connectivity index (χ1v) is 9.96. The summed E-state index contributed by atoms with van der Waals surface area (Å²) in [7, 11) is 2.94. The minimum absolute atomic E-state index is 0.0420. The van der Waals surface area contributed by atoms with E-state index in [0.29, 0.717) is 22.1 Å². The number of hydrogen-bond donors (Lipinski definition) is 1. The molecule has 0 aliphatic heterocycles. The Bertz CT molecular complexity index is 988. The van der Waals surface area contributed by atoms with E-state index in [0.717, 1.165) is 0 Å². The lowest BCUT2D eigenvalue weighted by molar-refractivity contribution is 0.0451. The van der Waals surface area contributed by atoms with Crippen LogP contribution in [0.1, 0.15) is 20.0 Å². The molecule has 1 heterocycles. The van der Waals surface area contributed by atoms with Crippen molar-refractivity contribution >= 4 is 28.9 Å². The maximum Gasteiger partial charge on any atom is 0.340 e. The van der Waals surface area contributed by atoms with Crippen LogP contribution in [-0.2, 0) is 4.74 Å². The van der Waals surface area contributed by atoms with Crippen molar-refractivity contribution in [2.45, 2.75) is 0 Å². The molecule has 30 heavy (non-hydrogen) atoms. The quantitative estimate of drug-likeness (QED) is 0.406. The van der Waals surface area contributed by atoms with Crippen LogP contribution in [0.25, 0.3) is 0 Å². The van der Waals surface area contributed by atoms with Gasteiger partial charge in [0.05, 0.1) is 30.3 Å². The van der Waals surface area contributed by atoms with Crippen LogP contribution in [0, 0.1) is 0 Å². The molecule has 1 N–H and O–H groups in total. The maximum atomic E-state index is 12.7. The molecule has 0 aliphatic carbocycles. The zero-order valence-electron chi connectivity index (χ0n) is 16.5. The number of carbonyl (C=O) groups is 2. The molecule has 0 saturated carbocycles. The Morgan fingerprint density at radius 3 is 2.33 bits per heavy atom. The van der Waals surface area contributed by atoms with Gasteiger partial charge >= 0.3 is 5.97 Å². The standard InChI is InChI=1S/C22H21NO6S/c1-26-18-13-16(22(25)29-11-10-28-15-7-4-3-5-8-15)17(14-19(18)27-2)23-21(24)20-9-6-12-30-20/h3-9,12-14H,10-11H2,1-2H3,(H,23,24). The van der Waals surface area contributed by atoms with E-state index in [2.05, 4.69) is 5.32 Å². The Balaban J connectivity index is 1.73. The largest absolute Gasteiger partial charge is 0.493 e. The molecular formula is C22H21NO6S. The lowest BCUT2D eigenvalue weighted by Gasteiger charge is -2.15. The second-order valence-electron chi connectivity index (χ2n) is 5.98. The van der Waals surface area contributed by atoms with Crippen LogP contribution in [-0.4, -0.2) is 39.3 Å². The van der Waals surface area contributed by atoms with E-state index in [1.54, 1.807) is 17.5 Å². The lowest BCUT2D eigenvalue weighted by Crippen LogP contribution is -2.17. The summed E-state index contributed by atoms with van der Waals surface area (Å²) in [6, 6.07) is 15.7. The van der Waals surface area contributed by atoms with E-state index < -0.39 is 5.97 Å². The molecule has 8 heteroatoms. The van der Waals surface area contributed by atoms with Gasteiger partial charge in [-0.1, -0.05) is 24.3 Å². The Labute approximate surface area is 178 Å². The highest BCUT2D eigenvalue weighted by Gasteiger charge is 2.20. The summed E-state index contributed by atoms with van der Waals surface area (Å²) in [6.07, 6.45) is 0. The van der Waals surface area contributed by atoms with Gasteiger partial charge in [-0.15, -0.1) is 11.3 Å². The predicted molar refractivity (Wildman–Crippen MR) is 114 cm³/mol. The number of nitrogens with one attached hydrogen (secondary N) is 1. The van der Waals surface area contributed by atoms with Gasteiger partial charge in [-0.3, -0.25) is 4.79 Å². The third-order valence-electron chi connectivity index (χ3n) is 4.07. The molecule has 0 bridgehead atoms. The van der Waals surface area contributed by atoms with Gasteiger partial charge in [0.1, 0.15) is 19.0 Å². The molecule has 0 radical (unpaired) electrons. The van der Waals surface area contributed by atoms with Crippen molar-refractivity contribution in [3.05, 3.63) is 70.4 Å². The molecule has 1 aromatic heterocycles. The van der Waals surface area contributed by atoms with Gasteiger partial charge in [-0.2, -0.15) is 0 Å². The highest BCUT2D eigenvalue weighted by molar-refractivity contribution is 7.12. The summed E-state index contributed by atoms with van der Waals surface area (Å²) >= 11 is 1.30. The number of ether oxygens (including phenoxy) is 4. The summed E-state index contributed by atoms with van der Waals surface area (Å²) in [5, 5.41) is 4.54. The molecule has 2 aromatic carbocycles. The Morgan fingerprint density at radius 1 is 0.933 bits per heavy atom. The van der Waals surface area contributed by atoms with Gasteiger partial charge in [0.25, 0.3) is 5.91 Å². The fourth-order valence-corrected chi connectivity index (χ4v) is 3.25. The SMILES string of the molecule is COc1cc(NC(=O)c2cccs2)c(C(=O)OCCOc2ccccc2)cc1OC. The second-order valence-corrected chi connectivity index (χ2v) is 6.93. The molecule has 0 unspecified atom stereocenters. The van der Waals surface area contributed by atoms with Crippen LogP contribution in [0.3, 0.4) is 0 Å². The molecule has 0 spiro atoms. The van der Waals surface area contributed by atoms with Crippen molar-refractivity contribution in [3.8, 4) is 17.2 Å². The van der Waals surface area contributed by atoms with E-state index in [1.807, 2.05) is 30.3 Å². The number of anilines is 1. The molecule has 0 atom stereocenters. The predicted octanol–water partition coefficient (Wildman–Crippen LogP) is 4.25. The van der Waals surface area contributed by atoms with Crippen molar-refractivity contribution in [3.63, 3.8) is 0 Å². The molecule has 0 fully saturated rings. The zero-order valence-corrected chi connectivity index (χ0v) is 17.4. The average Bonchev–Trinajstić information content (AvgIpc) is 3.32. The molecule has 1 amide bonds. The van der Waals surface area contributed by atoms with Gasteiger partial charge in [-0.25, -0.2) is 4.79 Å². The minimum atomic E-state index is -0.617. The molecule has 3 aromatic rings. The van der Waals surface area contributed by atoms with E-state index >= 15 is 0 Å². The third-order valence-corrected chi connectivity index (χ3v) is 4.93. The monoisotopic (exact) mass is 427 g/mol. The smallest absolute Gasteiger partial charge is 0.340 e. The van der Waals surface area contributed by atoms with Crippen molar-refractivity contribution < 1.29 is 28.5 Å². The fraction of sp³-hybridized carbons (Fsp3) is 0.182. The number of amides is 1. The first-order valence-electron chi connectivity index (χ1n) is 9.08. The van der Waals surface area contributed by atoms with Crippen LogP contribution >= 0.6 is 11.3 Å². The highest BCUT2D eigenvalue weighted by Crippen LogP contribution is 2.34. The van der Waals surface area contributed by atoms with Crippen LogP contribution in [0.5, 0.6) is 17.2 Å². The van der Waals surface area contributed by atoms with Gasteiger partial charge < -0.3 is 24.3 Å². The van der Waals surface area contributed by atoms with E-state index in [1.165, 1.54) is 37.7 Å². The van der Waals surface area contributed by atoms with Crippen molar-refractivity contribution in [1.29, 1.82) is 0 Å². The van der Waals surface area contributed by atoms with Crippen molar-refractivity contribution in [2.75, 3.05) is 32.8 Å². The number of hydrogen-bond acceptors (Lipinski definition) is 7. The molecule has 156 valence electrons. The number of rotatable bonds is 9. The van der Waals surface area contributed by atoms with Crippen LogP contribution in [0.2, 0.25) is 0 Å². The van der Waals surface area contributed by atoms with Crippen LogP contribution in [0.4, 0.5) is 5.69 Å². The van der Waals surface area contributed by atoms with Crippen molar-refractivity contribution in [2.24, 2.45) is 0 Å². The molecular weight excluding hydrogens is 406 g/mol. The number of carbonyl (C=O) groups excluding carboxylic acids is 2. The summed E-state index contributed by atoms with van der Waals surface area (Å²) < 4.78 is 21.4. The zero-order chi connectivity index (χ0) is 21.3. The number of esters is 1. The molecule has 0 aliphatic rings. The van der Waals surface area contributed by atoms with Gasteiger partial charge in [0, 0.05) is 12.1 Å². The second kappa shape index (κ2) is 10.3. The van der Waals surface area contributed by atoms with E-state index in [9.17, 15) is 9.59 Å². The normalized spacial score (nSPS) is 10.2. The average molecular weight is 427 g/mol. The summed E-state index contributed by atoms with van der Waals surface area (Å²) in [4.78, 5) is 25.7. The lowest BCUT2D eigenvalue weighted by atomic mass is 10.1. The summed E-state index contributed by atoms with van der Waals surface area (Å²) in [5.74, 6) is 0.457. The first kappa shape index (κ1) is 21.2. The Morgan fingerprint density at radius 2 is 1.67 bits per heavy atom. The van der Waals surface area contributed by atoms with E-state index in [4.69, 9.17) is 18.9 Å². The number of methoxy groups -OCH3 is 2. The summed E-state index contributed by atoms with van der Waals surface area (Å²) in [6.45, 7) is 0.236. The van der Waals surface area contributed by atoms with Gasteiger partial charge in [0.15, 0.2) is 11.5 Å². The number of thiophene rings is 1. The number of benzene rings is 2. The third kappa shape index (κ3) is 5.30. The fourth-order valence-electron chi connectivity index (χ4n) is 2.63. The minimum Gasteiger partial charge on any atom is -0.493 e. The number of para-hydroxylation sites is 1. The first-order chi connectivity index (χ1) is 14.6. The molecule has 3 rings (SSSR count).